The van der Waals surface area contributed by atoms with E-state index in [1.807, 2.05) is 0 Å². The van der Waals surface area contributed by atoms with Crippen LogP contribution in [0.2, 0.25) is 0 Å². The summed E-state index contributed by atoms with van der Waals surface area (Å²) in [5.41, 5.74) is 0. The normalized spacial score (nSPS) is 0. The minimum absolute atomic E-state index is 0. The van der Waals surface area contributed by atoms with E-state index in [2.05, 4.69) is 0 Å². The zero-order valence-corrected chi connectivity index (χ0v) is 9.37. The van der Waals surface area contributed by atoms with Gasteiger partial charge in [0.2, 0.25) is 0 Å². The molecule has 14 heavy (non-hydrogen) atoms. The van der Waals surface area contributed by atoms with Crippen LogP contribution in [0.25, 0.3) is 0 Å². The molecule has 0 rings (SSSR count). The summed E-state index contributed by atoms with van der Waals surface area (Å²) in [4.78, 5) is 0. The molecule has 0 aromatic heterocycles. The summed E-state index contributed by atoms with van der Waals surface area (Å²) in [6.07, 6.45) is 0. The fourth-order valence-electron chi connectivity index (χ4n) is 0. The summed E-state index contributed by atoms with van der Waals surface area (Å²) in [6, 6.07) is 0. The van der Waals surface area contributed by atoms with Crippen LogP contribution in [-0.2, 0) is 34.7 Å². The molecule has 0 radical (unpaired) electrons. The molecule has 14 heteroatoms. The van der Waals surface area contributed by atoms with E-state index in [0.29, 0.717) is 0 Å². The molecule has 108 valence electrons. The molecular weight excluding hydrogens is 296 g/mol. The van der Waals surface area contributed by atoms with Crippen molar-refractivity contribution in [1.29, 1.82) is 0 Å². The molecule has 24 N–H and O–H groups in total. The molecule has 0 saturated carbocycles. The zero-order valence-electron chi connectivity index (χ0n) is 6.82. The molecule has 0 bridgehead atoms. The minimum Gasteiger partial charge on any atom is -0.412 e. The van der Waals surface area contributed by atoms with E-state index < -0.39 is 0 Å². The van der Waals surface area contributed by atoms with Crippen LogP contribution in [0, 0.1) is 0 Å². The second-order valence-corrected chi connectivity index (χ2v) is 0. The first-order valence-corrected chi connectivity index (χ1v) is 0. The van der Waals surface area contributed by atoms with Crippen LogP contribution in [0.3, 0.4) is 0 Å². The van der Waals surface area contributed by atoms with Crippen molar-refractivity contribution >= 4 is 0 Å². The van der Waals surface area contributed by atoms with E-state index in [1.54, 1.807) is 0 Å². The van der Waals surface area contributed by atoms with E-state index in [0.717, 1.165) is 0 Å². The predicted molar refractivity (Wildman–Crippen MR) is 43.4 cm³/mol. The summed E-state index contributed by atoms with van der Waals surface area (Å²) < 4.78 is 0. The minimum atomic E-state index is 0. The van der Waals surface area contributed by atoms with Crippen molar-refractivity contribution in [3.8, 4) is 0 Å². The average molecular weight is 320 g/mol. The molecule has 0 aromatic rings. The van der Waals surface area contributed by atoms with E-state index in [-0.39, 0.29) is 100 Å². The molecule has 0 amide bonds. The van der Waals surface area contributed by atoms with Gasteiger partial charge in [-0.3, -0.25) is 0 Å². The maximum atomic E-state index is 0. The molecule has 0 saturated heterocycles. The van der Waals surface area contributed by atoms with E-state index in [4.69, 9.17) is 0 Å². The fourth-order valence-corrected chi connectivity index (χ4v) is 0. The van der Waals surface area contributed by atoms with Crippen LogP contribution in [0.1, 0.15) is 0 Å². The van der Waals surface area contributed by atoms with Crippen LogP contribution in [0.4, 0.5) is 0 Å². The van der Waals surface area contributed by atoms with Crippen molar-refractivity contribution in [1.82, 2.24) is 0 Å². The van der Waals surface area contributed by atoms with Crippen LogP contribution in [-0.4, -0.2) is 65.7 Å². The summed E-state index contributed by atoms with van der Waals surface area (Å²) in [5.74, 6) is 0. The Morgan fingerprint density at radius 1 is 0.143 bits per heavy atom. The Balaban J connectivity index is 0. The maximum Gasteiger partial charge on any atom is 0 e. The van der Waals surface area contributed by atoms with Crippen LogP contribution >= 0.6 is 0 Å². The first kappa shape index (κ1) is 7870. The zero-order chi connectivity index (χ0) is 0. The second kappa shape index (κ2) is 6290. The largest absolute Gasteiger partial charge is 0.412 e. The van der Waals surface area contributed by atoms with Crippen LogP contribution in [0.5, 0.6) is 0 Å². The van der Waals surface area contributed by atoms with Crippen LogP contribution in [0.15, 0.2) is 0 Å². The molecule has 0 aliphatic heterocycles. The second-order valence-electron chi connectivity index (χ2n) is 0. The van der Waals surface area contributed by atoms with Gasteiger partial charge in [0, 0.05) is 34.7 Å². The van der Waals surface area contributed by atoms with Gasteiger partial charge in [0.25, 0.3) is 0 Å². The van der Waals surface area contributed by atoms with Crippen molar-refractivity contribution in [3.63, 3.8) is 0 Å². The molecule has 0 aromatic carbocycles. The van der Waals surface area contributed by atoms with Crippen molar-refractivity contribution in [3.05, 3.63) is 0 Å². The molecule has 0 atom stereocenters. The SMILES string of the molecule is O.O.O.O.O.O.O.O.O.O.O.O.[Cr].[Cr]. The van der Waals surface area contributed by atoms with E-state index >= 15 is 0 Å². The monoisotopic (exact) mass is 320 g/mol. The molecule has 0 aliphatic carbocycles. The van der Waals surface area contributed by atoms with Gasteiger partial charge in [-0.25, -0.2) is 0 Å². The smallest absolute Gasteiger partial charge is 0 e. The van der Waals surface area contributed by atoms with Crippen LogP contribution < -0.4 is 0 Å². The van der Waals surface area contributed by atoms with E-state index in [9.17, 15) is 0 Å². The first-order valence-electron chi connectivity index (χ1n) is 0. The summed E-state index contributed by atoms with van der Waals surface area (Å²) in [5, 5.41) is 0. The van der Waals surface area contributed by atoms with Gasteiger partial charge in [0.15, 0.2) is 0 Å². The molecule has 0 aliphatic rings. The Bertz CT molecular complexity index is 8.28. The third-order valence-electron chi connectivity index (χ3n) is 0. The molecule has 0 heterocycles. The van der Waals surface area contributed by atoms with Crippen molar-refractivity contribution in [2.24, 2.45) is 0 Å². The van der Waals surface area contributed by atoms with Gasteiger partial charge in [-0.1, -0.05) is 0 Å². The summed E-state index contributed by atoms with van der Waals surface area (Å²) >= 11 is 0. The Kier molecular flexibility index (Phi) is 3530000. The standard InChI is InChI=1S/2Cr.12H2O/h;;12*1H2. The van der Waals surface area contributed by atoms with Crippen molar-refractivity contribution < 1.29 is 100 Å². The van der Waals surface area contributed by atoms with E-state index in [1.165, 1.54) is 0 Å². The third kappa shape index (κ3) is 4940. The third-order valence-corrected chi connectivity index (χ3v) is 0. The average Bonchev–Trinajstić information content (AvgIpc) is 0. The molecule has 12 nitrogen and oxygen atoms in total. The summed E-state index contributed by atoms with van der Waals surface area (Å²) in [7, 11) is 0. The molecule has 0 unspecified atom stereocenters. The Morgan fingerprint density at radius 2 is 0.143 bits per heavy atom. The quantitative estimate of drug-likeness (QED) is 0.400. The molecule has 0 spiro atoms. The Labute approximate surface area is 101 Å². The predicted octanol–water partition coefficient (Wildman–Crippen LogP) is -9.90. The number of hydrogen-bond donors (Lipinski definition) is 0. The molecular formula is H24Cr2O12. The van der Waals surface area contributed by atoms with Gasteiger partial charge in [0.05, 0.1) is 0 Å². The molecule has 0 fully saturated rings. The summed E-state index contributed by atoms with van der Waals surface area (Å²) in [6.45, 7) is 0. The van der Waals surface area contributed by atoms with Gasteiger partial charge in [-0.05, 0) is 0 Å². The van der Waals surface area contributed by atoms with Gasteiger partial charge < -0.3 is 65.7 Å². The van der Waals surface area contributed by atoms with Gasteiger partial charge in [-0.2, -0.15) is 0 Å². The maximum absolute atomic E-state index is 0. The Morgan fingerprint density at radius 3 is 0.143 bits per heavy atom. The Hall–Kier alpha value is 0.585. The topological polar surface area (TPSA) is 378 Å². The number of rotatable bonds is 0. The van der Waals surface area contributed by atoms with Gasteiger partial charge >= 0.3 is 0 Å². The van der Waals surface area contributed by atoms with Gasteiger partial charge in [0.1, 0.15) is 0 Å². The van der Waals surface area contributed by atoms with Crippen molar-refractivity contribution in [2.45, 2.75) is 0 Å². The fraction of sp³-hybridized carbons (Fsp3) is 0. The first-order chi connectivity index (χ1) is 0. The van der Waals surface area contributed by atoms with Crippen molar-refractivity contribution in [2.75, 3.05) is 0 Å². The van der Waals surface area contributed by atoms with Gasteiger partial charge in [-0.15, -0.1) is 0 Å². The number of hydrogen-bond acceptors (Lipinski definition) is 0.